The minimum atomic E-state index is -0.111. The van der Waals surface area contributed by atoms with Crippen molar-refractivity contribution in [2.75, 3.05) is 13.1 Å². The molecule has 2 aromatic heterocycles. The van der Waals surface area contributed by atoms with E-state index in [1.54, 1.807) is 23.6 Å². The van der Waals surface area contributed by atoms with E-state index in [4.69, 9.17) is 4.98 Å². The molecule has 0 N–H and O–H groups in total. The van der Waals surface area contributed by atoms with Gasteiger partial charge < -0.3 is 4.90 Å². The van der Waals surface area contributed by atoms with Gasteiger partial charge in [0.1, 0.15) is 0 Å². The first kappa shape index (κ1) is 16.1. The third-order valence-electron chi connectivity index (χ3n) is 5.72. The Labute approximate surface area is 156 Å². The minimum absolute atomic E-state index is 0.111. The highest BCUT2D eigenvalue weighted by molar-refractivity contribution is 7.18. The lowest BCUT2D eigenvalue weighted by Gasteiger charge is -2.43. The van der Waals surface area contributed by atoms with Gasteiger partial charge in [-0.3, -0.25) is 4.79 Å². The van der Waals surface area contributed by atoms with E-state index in [0.29, 0.717) is 5.92 Å². The standard InChI is InChI=1S/C20H22N4OS/c25-19-5-4-8-21-24(19)15-6-7-17-18(13-15)26-20(22-17)14-11-16(12-14)23-9-2-1-3-10-23/h4-8,13-14,16H,1-3,9-12H2/t14-,16+. The first-order valence-electron chi connectivity index (χ1n) is 9.47. The van der Waals surface area contributed by atoms with Crippen molar-refractivity contribution in [3.8, 4) is 5.69 Å². The summed E-state index contributed by atoms with van der Waals surface area (Å²) in [4.78, 5) is 19.5. The van der Waals surface area contributed by atoms with Crippen LogP contribution in [0.25, 0.3) is 15.9 Å². The summed E-state index contributed by atoms with van der Waals surface area (Å²) in [5.74, 6) is 0.598. The van der Waals surface area contributed by atoms with Crippen LogP contribution in [0.5, 0.6) is 0 Å². The Bertz CT molecular complexity index is 983. The molecule has 2 fully saturated rings. The van der Waals surface area contributed by atoms with E-state index < -0.39 is 0 Å². The fourth-order valence-electron chi connectivity index (χ4n) is 4.16. The molecule has 26 heavy (non-hydrogen) atoms. The highest BCUT2D eigenvalue weighted by atomic mass is 32.1. The molecule has 1 aliphatic heterocycles. The Balaban J connectivity index is 1.36. The number of likely N-dealkylation sites (tertiary alicyclic amines) is 1. The maximum Gasteiger partial charge on any atom is 0.271 e. The first-order valence-corrected chi connectivity index (χ1v) is 10.3. The van der Waals surface area contributed by atoms with Crippen molar-refractivity contribution in [3.05, 3.63) is 51.9 Å². The zero-order valence-corrected chi connectivity index (χ0v) is 15.5. The van der Waals surface area contributed by atoms with Crippen molar-refractivity contribution in [2.24, 2.45) is 0 Å². The van der Waals surface area contributed by atoms with Gasteiger partial charge in [0, 0.05) is 24.2 Å². The molecule has 3 heterocycles. The number of piperidine rings is 1. The molecule has 5 nitrogen and oxygen atoms in total. The number of benzene rings is 1. The molecule has 1 saturated carbocycles. The molecule has 1 aliphatic carbocycles. The normalized spacial score (nSPS) is 23.8. The predicted molar refractivity (Wildman–Crippen MR) is 104 cm³/mol. The summed E-state index contributed by atoms with van der Waals surface area (Å²) >= 11 is 1.77. The van der Waals surface area contributed by atoms with E-state index >= 15 is 0 Å². The molecule has 2 aliphatic rings. The van der Waals surface area contributed by atoms with Crippen LogP contribution >= 0.6 is 11.3 Å². The maximum absolute atomic E-state index is 12.0. The summed E-state index contributed by atoms with van der Waals surface area (Å²) < 4.78 is 2.57. The SMILES string of the molecule is O=c1cccnn1-c1ccc2nc([C@H]3C[C@@H](N4CCCCC4)C3)sc2c1. The summed E-state index contributed by atoms with van der Waals surface area (Å²) in [6.07, 6.45) is 8.24. The molecule has 0 amide bonds. The fraction of sp³-hybridized carbons (Fsp3) is 0.450. The van der Waals surface area contributed by atoms with Gasteiger partial charge in [-0.25, -0.2) is 4.98 Å². The molecular formula is C20H22N4OS. The lowest BCUT2D eigenvalue weighted by Crippen LogP contribution is -2.46. The van der Waals surface area contributed by atoms with Crippen molar-refractivity contribution >= 4 is 21.6 Å². The van der Waals surface area contributed by atoms with E-state index in [9.17, 15) is 4.79 Å². The van der Waals surface area contributed by atoms with Gasteiger partial charge in [-0.15, -0.1) is 11.3 Å². The van der Waals surface area contributed by atoms with Gasteiger partial charge >= 0.3 is 0 Å². The van der Waals surface area contributed by atoms with Crippen LogP contribution in [0.15, 0.2) is 41.3 Å². The van der Waals surface area contributed by atoms with Gasteiger partial charge in [0.2, 0.25) is 0 Å². The largest absolute Gasteiger partial charge is 0.300 e. The monoisotopic (exact) mass is 366 g/mol. The second kappa shape index (κ2) is 6.59. The Morgan fingerprint density at radius 1 is 1.08 bits per heavy atom. The molecule has 0 radical (unpaired) electrons. The quantitative estimate of drug-likeness (QED) is 0.711. The van der Waals surface area contributed by atoms with Crippen LogP contribution in [0.1, 0.15) is 43.0 Å². The van der Waals surface area contributed by atoms with Gasteiger partial charge in [-0.2, -0.15) is 9.78 Å². The zero-order valence-electron chi connectivity index (χ0n) is 14.7. The number of hydrogen-bond acceptors (Lipinski definition) is 5. The summed E-state index contributed by atoms with van der Waals surface area (Å²) in [5.41, 5.74) is 1.72. The molecular weight excluding hydrogens is 344 g/mol. The van der Waals surface area contributed by atoms with Gasteiger partial charge in [-0.05, 0) is 63.0 Å². The van der Waals surface area contributed by atoms with E-state index in [1.807, 2.05) is 18.2 Å². The lowest BCUT2D eigenvalue weighted by atomic mass is 9.79. The molecule has 0 spiro atoms. The first-order chi connectivity index (χ1) is 12.8. The van der Waals surface area contributed by atoms with E-state index in [-0.39, 0.29) is 5.56 Å². The minimum Gasteiger partial charge on any atom is -0.300 e. The lowest BCUT2D eigenvalue weighted by molar-refractivity contribution is 0.0888. The summed E-state index contributed by atoms with van der Waals surface area (Å²) in [7, 11) is 0. The van der Waals surface area contributed by atoms with Crippen molar-refractivity contribution < 1.29 is 0 Å². The van der Waals surface area contributed by atoms with Crippen LogP contribution in [-0.4, -0.2) is 38.8 Å². The van der Waals surface area contributed by atoms with E-state index in [2.05, 4.69) is 10.00 Å². The second-order valence-corrected chi connectivity index (χ2v) is 8.46. The zero-order chi connectivity index (χ0) is 17.5. The third-order valence-corrected chi connectivity index (χ3v) is 6.90. The average Bonchev–Trinajstić information content (AvgIpc) is 3.04. The molecule has 3 aromatic rings. The maximum atomic E-state index is 12.0. The van der Waals surface area contributed by atoms with Crippen LogP contribution in [-0.2, 0) is 0 Å². The average molecular weight is 366 g/mol. The molecule has 1 saturated heterocycles. The molecule has 134 valence electrons. The van der Waals surface area contributed by atoms with Crippen molar-refractivity contribution in [1.82, 2.24) is 19.7 Å². The third kappa shape index (κ3) is 2.87. The van der Waals surface area contributed by atoms with Crippen LogP contribution in [0.3, 0.4) is 0 Å². The number of hydrogen-bond donors (Lipinski definition) is 0. The topological polar surface area (TPSA) is 51.0 Å². The number of rotatable bonds is 3. The van der Waals surface area contributed by atoms with Gasteiger partial charge in [0.05, 0.1) is 20.9 Å². The highest BCUT2D eigenvalue weighted by Crippen LogP contribution is 2.43. The van der Waals surface area contributed by atoms with Crippen molar-refractivity contribution in [1.29, 1.82) is 0 Å². The Morgan fingerprint density at radius 3 is 2.73 bits per heavy atom. The van der Waals surface area contributed by atoms with Crippen LogP contribution in [0, 0.1) is 0 Å². The highest BCUT2D eigenvalue weighted by Gasteiger charge is 2.36. The van der Waals surface area contributed by atoms with Crippen LogP contribution in [0.4, 0.5) is 0 Å². The number of fused-ring (bicyclic) bond motifs is 1. The Hall–Kier alpha value is -2.05. The summed E-state index contributed by atoms with van der Waals surface area (Å²) in [6, 6.07) is 9.92. The second-order valence-electron chi connectivity index (χ2n) is 7.40. The van der Waals surface area contributed by atoms with Gasteiger partial charge in [0.15, 0.2) is 0 Å². The van der Waals surface area contributed by atoms with Crippen molar-refractivity contribution in [2.45, 2.75) is 44.1 Å². The molecule has 0 bridgehead atoms. The van der Waals surface area contributed by atoms with Crippen molar-refractivity contribution in [3.63, 3.8) is 0 Å². The van der Waals surface area contributed by atoms with Crippen LogP contribution < -0.4 is 5.56 Å². The molecule has 6 heteroatoms. The molecule has 0 unspecified atom stereocenters. The summed E-state index contributed by atoms with van der Waals surface area (Å²) in [5, 5.41) is 5.42. The number of thiazole rings is 1. The van der Waals surface area contributed by atoms with E-state index in [0.717, 1.165) is 21.9 Å². The van der Waals surface area contributed by atoms with Crippen LogP contribution in [0.2, 0.25) is 0 Å². The van der Waals surface area contributed by atoms with Gasteiger partial charge in [-0.1, -0.05) is 6.42 Å². The number of aromatic nitrogens is 3. The van der Waals surface area contributed by atoms with Gasteiger partial charge in [0.25, 0.3) is 5.56 Å². The number of nitrogens with zero attached hydrogens (tertiary/aromatic N) is 4. The predicted octanol–water partition coefficient (Wildman–Crippen LogP) is 3.57. The Kier molecular flexibility index (Phi) is 4.10. The summed E-state index contributed by atoms with van der Waals surface area (Å²) in [6.45, 7) is 2.55. The molecule has 5 rings (SSSR count). The smallest absolute Gasteiger partial charge is 0.271 e. The fourth-order valence-corrected chi connectivity index (χ4v) is 5.29. The Morgan fingerprint density at radius 2 is 1.92 bits per heavy atom. The molecule has 0 atom stereocenters. The van der Waals surface area contributed by atoms with E-state index in [1.165, 1.54) is 60.9 Å². The molecule has 1 aromatic carbocycles.